The first-order chi connectivity index (χ1) is 17.6. The zero-order valence-corrected chi connectivity index (χ0v) is 20.3. The van der Waals surface area contributed by atoms with Crippen molar-refractivity contribution in [2.45, 2.75) is 31.1 Å². The number of hydrogen-bond donors (Lipinski definition) is 1. The van der Waals surface area contributed by atoms with E-state index in [1.54, 1.807) is 32.2 Å². The van der Waals surface area contributed by atoms with Gasteiger partial charge in [-0.05, 0) is 43.2 Å². The Labute approximate surface area is 210 Å². The summed E-state index contributed by atoms with van der Waals surface area (Å²) in [5.41, 5.74) is 5.95. The molecule has 5 rings (SSSR count). The SMILES string of the molecule is COCCOc1ccc2cc(F)c(-c3nnc4ccc([C@@H](N5CC[C@](C)(N)C5)C(F)(F)F)cn34)nc2c1. The van der Waals surface area contributed by atoms with E-state index in [0.717, 1.165) is 0 Å². The lowest BCUT2D eigenvalue weighted by molar-refractivity contribution is -0.184. The van der Waals surface area contributed by atoms with E-state index in [1.807, 2.05) is 0 Å². The van der Waals surface area contributed by atoms with Crippen LogP contribution in [0.1, 0.15) is 24.9 Å². The number of likely N-dealkylation sites (tertiary alicyclic amines) is 1. The normalized spacial score (nSPS) is 19.6. The summed E-state index contributed by atoms with van der Waals surface area (Å²) in [6.07, 6.45) is -2.80. The van der Waals surface area contributed by atoms with Gasteiger partial charge in [0.25, 0.3) is 0 Å². The molecular formula is C25H26F4N6O2. The topological polar surface area (TPSA) is 90.8 Å². The molecule has 0 saturated carbocycles. The van der Waals surface area contributed by atoms with Gasteiger partial charge in [0, 0.05) is 43.4 Å². The summed E-state index contributed by atoms with van der Waals surface area (Å²) in [7, 11) is 1.56. The summed E-state index contributed by atoms with van der Waals surface area (Å²) >= 11 is 0. The minimum Gasteiger partial charge on any atom is -0.491 e. The van der Waals surface area contributed by atoms with Crippen LogP contribution < -0.4 is 10.5 Å². The number of fused-ring (bicyclic) bond motifs is 2. The van der Waals surface area contributed by atoms with Crippen molar-refractivity contribution in [2.75, 3.05) is 33.4 Å². The van der Waals surface area contributed by atoms with Crippen LogP contribution in [0.25, 0.3) is 28.1 Å². The van der Waals surface area contributed by atoms with Crippen LogP contribution in [0.15, 0.2) is 42.6 Å². The Morgan fingerprint density at radius 2 is 1.95 bits per heavy atom. The average Bonchev–Trinajstić information content (AvgIpc) is 3.40. The zero-order chi connectivity index (χ0) is 26.4. The van der Waals surface area contributed by atoms with E-state index in [4.69, 9.17) is 15.2 Å². The summed E-state index contributed by atoms with van der Waals surface area (Å²) in [5.74, 6) is -0.160. The van der Waals surface area contributed by atoms with Gasteiger partial charge in [0.05, 0.1) is 12.1 Å². The molecule has 4 aromatic rings. The molecule has 12 heteroatoms. The van der Waals surface area contributed by atoms with Crippen molar-refractivity contribution < 1.29 is 27.0 Å². The van der Waals surface area contributed by atoms with Crippen molar-refractivity contribution in [3.8, 4) is 17.3 Å². The second kappa shape index (κ2) is 9.51. The number of ether oxygens (including phenoxy) is 2. The Morgan fingerprint density at radius 1 is 1.14 bits per heavy atom. The Kier molecular flexibility index (Phi) is 6.50. The van der Waals surface area contributed by atoms with Crippen LogP contribution in [-0.2, 0) is 4.74 Å². The monoisotopic (exact) mass is 518 g/mol. The molecule has 0 bridgehead atoms. The van der Waals surface area contributed by atoms with Crippen molar-refractivity contribution in [1.29, 1.82) is 0 Å². The van der Waals surface area contributed by atoms with Gasteiger partial charge in [-0.15, -0.1) is 10.2 Å². The summed E-state index contributed by atoms with van der Waals surface area (Å²) in [6.45, 7) is 2.77. The lowest BCUT2D eigenvalue weighted by atomic mass is 10.0. The van der Waals surface area contributed by atoms with E-state index in [1.165, 1.54) is 33.7 Å². The number of halogens is 4. The van der Waals surface area contributed by atoms with E-state index in [2.05, 4.69) is 15.2 Å². The average molecular weight is 519 g/mol. The minimum absolute atomic E-state index is 0.00651. The molecule has 8 nitrogen and oxygen atoms in total. The van der Waals surface area contributed by atoms with Crippen LogP contribution >= 0.6 is 0 Å². The molecule has 0 amide bonds. The first-order valence-electron chi connectivity index (χ1n) is 11.7. The fourth-order valence-electron chi connectivity index (χ4n) is 4.69. The molecule has 0 spiro atoms. The van der Waals surface area contributed by atoms with E-state index < -0.39 is 23.6 Å². The predicted molar refractivity (Wildman–Crippen MR) is 129 cm³/mol. The van der Waals surface area contributed by atoms with E-state index in [0.29, 0.717) is 36.3 Å². The molecule has 0 unspecified atom stereocenters. The molecule has 1 aliphatic rings. The molecule has 4 heterocycles. The summed E-state index contributed by atoms with van der Waals surface area (Å²) in [4.78, 5) is 5.74. The van der Waals surface area contributed by atoms with Gasteiger partial charge in [-0.1, -0.05) is 6.07 Å². The third-order valence-electron chi connectivity index (χ3n) is 6.46. The molecule has 37 heavy (non-hydrogen) atoms. The maximum atomic E-state index is 15.1. The van der Waals surface area contributed by atoms with Crippen LogP contribution in [0, 0.1) is 5.82 Å². The first-order valence-corrected chi connectivity index (χ1v) is 11.7. The molecule has 2 N–H and O–H groups in total. The molecule has 1 aliphatic heterocycles. The van der Waals surface area contributed by atoms with Gasteiger partial charge in [-0.2, -0.15) is 13.2 Å². The molecule has 0 radical (unpaired) electrons. The van der Waals surface area contributed by atoms with Gasteiger partial charge in [0.1, 0.15) is 24.1 Å². The highest BCUT2D eigenvalue weighted by atomic mass is 19.4. The van der Waals surface area contributed by atoms with E-state index in [-0.39, 0.29) is 35.8 Å². The van der Waals surface area contributed by atoms with Crippen LogP contribution in [0.2, 0.25) is 0 Å². The number of benzene rings is 1. The van der Waals surface area contributed by atoms with E-state index in [9.17, 15) is 13.2 Å². The van der Waals surface area contributed by atoms with Crippen LogP contribution in [0.4, 0.5) is 17.6 Å². The Hall–Kier alpha value is -3.35. The molecule has 196 valence electrons. The quantitative estimate of drug-likeness (QED) is 0.291. The third-order valence-corrected chi connectivity index (χ3v) is 6.46. The number of pyridine rings is 2. The fourth-order valence-corrected chi connectivity index (χ4v) is 4.69. The Bertz CT molecular complexity index is 1440. The molecule has 2 atom stereocenters. The lowest BCUT2D eigenvalue weighted by Crippen LogP contribution is -2.43. The Morgan fingerprint density at radius 3 is 2.65 bits per heavy atom. The van der Waals surface area contributed by atoms with Gasteiger partial charge in [0.2, 0.25) is 0 Å². The maximum absolute atomic E-state index is 15.1. The van der Waals surface area contributed by atoms with Crippen molar-refractivity contribution in [3.63, 3.8) is 0 Å². The van der Waals surface area contributed by atoms with Crippen LogP contribution in [0.5, 0.6) is 5.75 Å². The molecular weight excluding hydrogens is 492 g/mol. The van der Waals surface area contributed by atoms with Gasteiger partial charge in [-0.3, -0.25) is 9.30 Å². The number of methoxy groups -OCH3 is 1. The minimum atomic E-state index is -4.55. The number of nitrogens with zero attached hydrogens (tertiary/aromatic N) is 5. The molecule has 1 fully saturated rings. The second-order valence-electron chi connectivity index (χ2n) is 9.55. The highest BCUT2D eigenvalue weighted by Gasteiger charge is 2.48. The predicted octanol–water partition coefficient (Wildman–Crippen LogP) is 4.14. The van der Waals surface area contributed by atoms with Gasteiger partial charge in [0.15, 0.2) is 17.3 Å². The molecule has 1 aromatic carbocycles. The number of alkyl halides is 3. The summed E-state index contributed by atoms with van der Waals surface area (Å²) < 4.78 is 69.8. The largest absolute Gasteiger partial charge is 0.491 e. The highest BCUT2D eigenvalue weighted by Crippen LogP contribution is 2.41. The third kappa shape index (κ3) is 5.09. The zero-order valence-electron chi connectivity index (χ0n) is 20.3. The van der Waals surface area contributed by atoms with Crippen molar-refractivity contribution >= 4 is 16.6 Å². The highest BCUT2D eigenvalue weighted by molar-refractivity contribution is 5.82. The second-order valence-corrected chi connectivity index (χ2v) is 9.55. The van der Waals surface area contributed by atoms with Crippen molar-refractivity contribution in [2.24, 2.45) is 5.73 Å². The Balaban J connectivity index is 1.56. The number of hydrogen-bond acceptors (Lipinski definition) is 7. The van der Waals surface area contributed by atoms with E-state index >= 15 is 4.39 Å². The van der Waals surface area contributed by atoms with Gasteiger partial charge in [-0.25, -0.2) is 9.37 Å². The number of nitrogens with two attached hydrogens (primary N) is 1. The molecule has 0 aliphatic carbocycles. The smallest absolute Gasteiger partial charge is 0.408 e. The van der Waals surface area contributed by atoms with Crippen molar-refractivity contribution in [3.05, 3.63) is 54.0 Å². The number of aromatic nitrogens is 4. The summed E-state index contributed by atoms with van der Waals surface area (Å²) in [6, 6.07) is 7.24. The molecule has 3 aromatic heterocycles. The van der Waals surface area contributed by atoms with Crippen LogP contribution in [0.3, 0.4) is 0 Å². The maximum Gasteiger partial charge on any atom is 0.408 e. The summed E-state index contributed by atoms with van der Waals surface area (Å²) in [5, 5.41) is 8.60. The standard InChI is InChI=1S/C25H26F4N6O2/c1-24(30)7-8-34(14-24)22(25(27,28)29)16-4-6-20-32-33-23(35(20)13-16)21-18(26)11-15-3-5-17(12-19(15)31-21)37-10-9-36-2/h3-6,11-13,22H,7-10,14,30H2,1-2H3/t22-,24+/m1/s1. The fraction of sp³-hybridized carbons (Fsp3) is 0.400. The first kappa shape index (κ1) is 25.3. The van der Waals surface area contributed by atoms with Gasteiger partial charge >= 0.3 is 6.18 Å². The lowest BCUT2D eigenvalue weighted by Gasteiger charge is -2.31. The molecule has 1 saturated heterocycles. The van der Waals surface area contributed by atoms with Crippen molar-refractivity contribution in [1.82, 2.24) is 24.5 Å². The van der Waals surface area contributed by atoms with Crippen LogP contribution in [-0.4, -0.2) is 69.6 Å². The van der Waals surface area contributed by atoms with Gasteiger partial charge < -0.3 is 15.2 Å². The number of rotatable bonds is 7.